The second-order valence-electron chi connectivity index (χ2n) is 7.54. The number of piperidine rings is 1. The molecule has 152 valence electrons. The first kappa shape index (κ1) is 20.2. The molecule has 7 nitrogen and oxygen atoms in total. The van der Waals surface area contributed by atoms with Gasteiger partial charge >= 0.3 is 11.8 Å². The molecule has 2 aliphatic rings. The number of primary amides is 1. The van der Waals surface area contributed by atoms with Crippen molar-refractivity contribution in [3.8, 4) is 0 Å². The number of pyridine rings is 1. The molecule has 3 N–H and O–H groups in total. The van der Waals surface area contributed by atoms with Crippen LogP contribution in [0.3, 0.4) is 0 Å². The summed E-state index contributed by atoms with van der Waals surface area (Å²) in [6.45, 7) is 0.434. The van der Waals surface area contributed by atoms with Crippen LogP contribution in [0.25, 0.3) is 0 Å². The lowest BCUT2D eigenvalue weighted by Gasteiger charge is -2.42. The minimum Gasteiger partial charge on any atom is -0.366 e. The van der Waals surface area contributed by atoms with Crippen LogP contribution < -0.4 is 11.1 Å². The first-order valence-electron chi connectivity index (χ1n) is 9.51. The average molecular weight is 394 g/mol. The van der Waals surface area contributed by atoms with Gasteiger partial charge < -0.3 is 16.0 Å². The number of likely N-dealkylation sites (tertiary alicyclic amines) is 1. The van der Waals surface area contributed by atoms with Crippen LogP contribution >= 0.6 is 0 Å². The van der Waals surface area contributed by atoms with E-state index in [9.17, 15) is 23.2 Å². The summed E-state index contributed by atoms with van der Waals surface area (Å²) in [5.74, 6) is -4.87. The van der Waals surface area contributed by atoms with Crippen LogP contribution in [0, 0.1) is 5.92 Å². The summed E-state index contributed by atoms with van der Waals surface area (Å²) in [4.78, 5) is 41.8. The number of nitrogens with zero attached hydrogens (tertiary/aromatic N) is 2. The van der Waals surface area contributed by atoms with E-state index in [1.165, 1.54) is 23.4 Å². The molecule has 3 amide bonds. The number of nitrogens with two attached hydrogens (primary N) is 1. The molecule has 1 aromatic rings. The van der Waals surface area contributed by atoms with Crippen LogP contribution in [-0.2, 0) is 9.59 Å². The minimum atomic E-state index is -2.63. The van der Waals surface area contributed by atoms with Crippen molar-refractivity contribution in [2.45, 2.75) is 56.9 Å². The summed E-state index contributed by atoms with van der Waals surface area (Å²) >= 11 is 0. The fraction of sp³-hybridized carbons (Fsp3) is 0.579. The van der Waals surface area contributed by atoms with Gasteiger partial charge in [-0.25, -0.2) is 8.78 Å². The number of aromatic nitrogens is 1. The van der Waals surface area contributed by atoms with Gasteiger partial charge in [-0.2, -0.15) is 0 Å². The number of alkyl halides is 2. The summed E-state index contributed by atoms with van der Waals surface area (Å²) in [5.41, 5.74) is 5.50. The summed E-state index contributed by atoms with van der Waals surface area (Å²) in [5, 5.41) is 2.45. The van der Waals surface area contributed by atoms with Gasteiger partial charge in [0, 0.05) is 31.6 Å². The second-order valence-corrected chi connectivity index (χ2v) is 7.54. The van der Waals surface area contributed by atoms with Crippen LogP contribution in [0.1, 0.15) is 55.3 Å². The number of hydrogen-bond donors (Lipinski definition) is 2. The van der Waals surface area contributed by atoms with Gasteiger partial charge in [0.15, 0.2) is 0 Å². The van der Waals surface area contributed by atoms with Crippen LogP contribution in [0.15, 0.2) is 18.5 Å². The zero-order valence-electron chi connectivity index (χ0n) is 15.5. The Balaban J connectivity index is 1.68. The SMILES string of the molecule is NC(=O)c1cncc(NC(=O)C(=O)N2CCCC[C@H]2C2CCC(F)(F)CC2)c1. The Labute approximate surface area is 161 Å². The topological polar surface area (TPSA) is 105 Å². The number of amides is 3. The van der Waals surface area contributed by atoms with Crippen molar-refractivity contribution < 1.29 is 23.2 Å². The van der Waals surface area contributed by atoms with E-state index in [4.69, 9.17) is 5.73 Å². The normalized spacial score (nSPS) is 22.5. The fourth-order valence-electron chi connectivity index (χ4n) is 4.10. The lowest BCUT2D eigenvalue weighted by atomic mass is 9.78. The maximum atomic E-state index is 13.5. The Morgan fingerprint density at radius 2 is 1.86 bits per heavy atom. The number of rotatable bonds is 3. The second kappa shape index (κ2) is 8.20. The first-order valence-corrected chi connectivity index (χ1v) is 9.51. The molecule has 0 radical (unpaired) electrons. The Kier molecular flexibility index (Phi) is 5.90. The van der Waals surface area contributed by atoms with Gasteiger partial charge in [0.05, 0.1) is 17.4 Å². The van der Waals surface area contributed by atoms with Crippen molar-refractivity contribution in [2.75, 3.05) is 11.9 Å². The van der Waals surface area contributed by atoms with Gasteiger partial charge in [-0.15, -0.1) is 0 Å². The molecule has 3 rings (SSSR count). The molecule has 1 aliphatic heterocycles. The maximum absolute atomic E-state index is 13.5. The predicted octanol–water partition coefficient (Wildman–Crippen LogP) is 2.33. The first-order chi connectivity index (χ1) is 13.3. The molecule has 1 aromatic heterocycles. The minimum absolute atomic E-state index is 0.0171. The highest BCUT2D eigenvalue weighted by atomic mass is 19.3. The van der Waals surface area contributed by atoms with Gasteiger partial charge in [-0.1, -0.05) is 0 Å². The van der Waals surface area contributed by atoms with E-state index in [2.05, 4.69) is 10.3 Å². The number of nitrogens with one attached hydrogen (secondary N) is 1. The Morgan fingerprint density at radius 1 is 1.14 bits per heavy atom. The molecule has 9 heteroatoms. The Bertz CT molecular complexity index is 761. The van der Waals surface area contributed by atoms with Crippen molar-refractivity contribution >= 4 is 23.4 Å². The molecule has 2 heterocycles. The molecule has 28 heavy (non-hydrogen) atoms. The summed E-state index contributed by atoms with van der Waals surface area (Å²) in [6.07, 6.45) is 5.34. The zero-order chi connectivity index (χ0) is 20.3. The van der Waals surface area contributed by atoms with Crippen LogP contribution in [0.5, 0.6) is 0 Å². The molecular weight excluding hydrogens is 370 g/mol. The number of hydrogen-bond acceptors (Lipinski definition) is 4. The highest BCUT2D eigenvalue weighted by Gasteiger charge is 2.41. The average Bonchev–Trinajstić information content (AvgIpc) is 2.67. The van der Waals surface area contributed by atoms with E-state index in [0.717, 1.165) is 12.8 Å². The number of carbonyl (C=O) groups excluding carboxylic acids is 3. The van der Waals surface area contributed by atoms with Crippen LogP contribution in [0.4, 0.5) is 14.5 Å². The van der Waals surface area contributed by atoms with E-state index in [1.54, 1.807) is 0 Å². The highest BCUT2D eigenvalue weighted by Crippen LogP contribution is 2.40. The quantitative estimate of drug-likeness (QED) is 0.768. The van der Waals surface area contributed by atoms with Gasteiger partial charge in [-0.05, 0) is 44.1 Å². The van der Waals surface area contributed by atoms with E-state index in [1.807, 2.05) is 0 Å². The third-order valence-electron chi connectivity index (χ3n) is 5.59. The Morgan fingerprint density at radius 3 is 2.54 bits per heavy atom. The largest absolute Gasteiger partial charge is 0.366 e. The molecule has 1 aliphatic carbocycles. The third kappa shape index (κ3) is 4.63. The van der Waals surface area contributed by atoms with E-state index < -0.39 is 23.6 Å². The molecule has 1 saturated carbocycles. The smallest absolute Gasteiger partial charge is 0.313 e. The number of anilines is 1. The van der Waals surface area contributed by atoms with Gasteiger partial charge in [0.25, 0.3) is 0 Å². The van der Waals surface area contributed by atoms with Crippen molar-refractivity contribution in [3.63, 3.8) is 0 Å². The lowest BCUT2D eigenvalue weighted by Crippen LogP contribution is -2.52. The van der Waals surface area contributed by atoms with Crippen LogP contribution in [-0.4, -0.2) is 46.1 Å². The molecule has 1 atom stereocenters. The van der Waals surface area contributed by atoms with Gasteiger partial charge in [0.2, 0.25) is 11.8 Å². The lowest BCUT2D eigenvalue weighted by molar-refractivity contribution is -0.147. The van der Waals surface area contributed by atoms with Gasteiger partial charge in [-0.3, -0.25) is 19.4 Å². The molecule has 0 spiro atoms. The molecule has 0 unspecified atom stereocenters. The Hall–Kier alpha value is -2.58. The van der Waals surface area contributed by atoms with E-state index >= 15 is 0 Å². The molecule has 1 saturated heterocycles. The molecule has 2 fully saturated rings. The highest BCUT2D eigenvalue weighted by molar-refractivity contribution is 6.39. The summed E-state index contributed by atoms with van der Waals surface area (Å²) in [6, 6.07) is 1.15. The maximum Gasteiger partial charge on any atom is 0.313 e. The standard InChI is InChI=1S/C19H24F2N4O3/c20-19(21)6-4-12(5-7-19)15-3-1-2-8-25(15)18(28)17(27)24-14-9-13(16(22)26)10-23-11-14/h9-12,15H,1-8H2,(H2,22,26)(H,24,27)/t15-/m0/s1. The van der Waals surface area contributed by atoms with Gasteiger partial charge in [0.1, 0.15) is 0 Å². The van der Waals surface area contributed by atoms with E-state index in [-0.39, 0.29) is 36.1 Å². The monoisotopic (exact) mass is 394 g/mol. The third-order valence-corrected chi connectivity index (χ3v) is 5.59. The van der Waals surface area contributed by atoms with Crippen molar-refractivity contribution in [3.05, 3.63) is 24.0 Å². The predicted molar refractivity (Wildman–Crippen MR) is 97.6 cm³/mol. The fourth-order valence-corrected chi connectivity index (χ4v) is 4.10. The van der Waals surface area contributed by atoms with Crippen molar-refractivity contribution in [2.24, 2.45) is 11.7 Å². The van der Waals surface area contributed by atoms with E-state index in [0.29, 0.717) is 25.8 Å². The molecule has 0 bridgehead atoms. The summed E-state index contributed by atoms with van der Waals surface area (Å²) in [7, 11) is 0. The van der Waals surface area contributed by atoms with Crippen molar-refractivity contribution in [1.82, 2.24) is 9.88 Å². The number of carbonyl (C=O) groups is 3. The van der Waals surface area contributed by atoms with Crippen molar-refractivity contribution in [1.29, 1.82) is 0 Å². The summed E-state index contributed by atoms with van der Waals surface area (Å²) < 4.78 is 27.0. The van der Waals surface area contributed by atoms with Crippen LogP contribution in [0.2, 0.25) is 0 Å². The zero-order valence-corrected chi connectivity index (χ0v) is 15.5. The number of halogens is 2. The molecule has 0 aromatic carbocycles. The molecular formula is C19H24F2N4O3.